The van der Waals surface area contributed by atoms with Crippen molar-refractivity contribution in [2.75, 3.05) is 0 Å². The van der Waals surface area contributed by atoms with E-state index in [-0.39, 0.29) is 17.5 Å². The van der Waals surface area contributed by atoms with Gasteiger partial charge in [-0.3, -0.25) is 9.59 Å². The molecule has 0 aliphatic heterocycles. The summed E-state index contributed by atoms with van der Waals surface area (Å²) in [6, 6.07) is 4.92. The van der Waals surface area contributed by atoms with Crippen LogP contribution in [0.15, 0.2) is 18.2 Å². The van der Waals surface area contributed by atoms with Crippen molar-refractivity contribution >= 4 is 34.8 Å². The Hall–Kier alpha value is -0.860. The molecule has 2 rings (SSSR count). The van der Waals surface area contributed by atoms with Crippen LogP contribution in [0.1, 0.15) is 37.7 Å². The molecule has 0 bridgehead atoms. The minimum absolute atomic E-state index is 0.00562. The number of Topliss-reactive ketones (excluding diaryl/α,β-unsaturated/α-hetero) is 2. The molecule has 1 aromatic carbocycles. The molecule has 0 heterocycles. The Bertz CT molecular complexity index is 497. The summed E-state index contributed by atoms with van der Waals surface area (Å²) in [7, 11) is 0. The van der Waals surface area contributed by atoms with Crippen LogP contribution in [0.2, 0.25) is 10.0 Å². The Morgan fingerprint density at radius 3 is 2.61 bits per heavy atom. The molecule has 0 N–H and O–H groups in total. The van der Waals surface area contributed by atoms with E-state index >= 15 is 0 Å². The van der Waals surface area contributed by atoms with Gasteiger partial charge >= 0.3 is 0 Å². The van der Waals surface area contributed by atoms with Gasteiger partial charge in [0, 0.05) is 22.4 Å². The molecule has 0 radical (unpaired) electrons. The molecule has 0 amide bonds. The van der Waals surface area contributed by atoms with E-state index in [4.69, 9.17) is 23.2 Å². The van der Waals surface area contributed by atoms with Gasteiger partial charge in [-0.2, -0.15) is 0 Å². The van der Waals surface area contributed by atoms with E-state index in [1.54, 1.807) is 18.2 Å². The number of hydrogen-bond acceptors (Lipinski definition) is 2. The molecule has 1 fully saturated rings. The molecule has 0 aromatic heterocycles. The van der Waals surface area contributed by atoms with Crippen molar-refractivity contribution in [3.8, 4) is 0 Å². The maximum Gasteiger partial charge on any atom is 0.151 e. The summed E-state index contributed by atoms with van der Waals surface area (Å²) < 4.78 is 0. The van der Waals surface area contributed by atoms with E-state index < -0.39 is 5.92 Å². The predicted molar refractivity (Wildman–Crippen MR) is 72.2 cm³/mol. The predicted octanol–water partition coefficient (Wildman–Crippen LogP) is 4.04. The van der Waals surface area contributed by atoms with Gasteiger partial charge in [0.25, 0.3) is 0 Å². The SMILES string of the molecule is CCCC1CC(=O)C(c2ccc(Cl)cc2Cl)C1=O. The number of halogens is 2. The van der Waals surface area contributed by atoms with E-state index in [9.17, 15) is 9.59 Å². The fourth-order valence-electron chi connectivity index (χ4n) is 2.51. The average molecular weight is 285 g/mol. The summed E-state index contributed by atoms with van der Waals surface area (Å²) in [5, 5.41) is 0.901. The van der Waals surface area contributed by atoms with Crippen LogP contribution in [0.5, 0.6) is 0 Å². The molecular formula is C14H14Cl2O2. The van der Waals surface area contributed by atoms with Crippen LogP contribution in [0.25, 0.3) is 0 Å². The van der Waals surface area contributed by atoms with Crippen molar-refractivity contribution in [3.05, 3.63) is 33.8 Å². The maximum atomic E-state index is 12.2. The van der Waals surface area contributed by atoms with Gasteiger partial charge in [-0.25, -0.2) is 0 Å². The Labute approximate surface area is 116 Å². The van der Waals surface area contributed by atoms with Gasteiger partial charge in [0.1, 0.15) is 11.7 Å². The molecule has 1 aliphatic rings. The number of carbonyl (C=O) groups is 2. The van der Waals surface area contributed by atoms with Crippen LogP contribution in [0, 0.1) is 5.92 Å². The summed E-state index contributed by atoms with van der Waals surface area (Å²) in [6.45, 7) is 2.01. The van der Waals surface area contributed by atoms with Crippen molar-refractivity contribution in [3.63, 3.8) is 0 Å². The Balaban J connectivity index is 2.33. The van der Waals surface area contributed by atoms with Crippen molar-refractivity contribution in [2.24, 2.45) is 5.92 Å². The van der Waals surface area contributed by atoms with Gasteiger partial charge < -0.3 is 0 Å². The summed E-state index contributed by atoms with van der Waals surface area (Å²) >= 11 is 11.9. The third kappa shape index (κ3) is 2.45. The lowest BCUT2D eigenvalue weighted by Gasteiger charge is -2.11. The molecule has 96 valence electrons. The normalized spacial score (nSPS) is 23.7. The summed E-state index contributed by atoms with van der Waals surface area (Å²) in [6.07, 6.45) is 2.02. The second-order valence-electron chi connectivity index (χ2n) is 4.66. The number of hydrogen-bond donors (Lipinski definition) is 0. The zero-order valence-electron chi connectivity index (χ0n) is 10.1. The maximum absolute atomic E-state index is 12.2. The third-order valence-corrected chi connectivity index (χ3v) is 3.93. The van der Waals surface area contributed by atoms with Gasteiger partial charge in [-0.1, -0.05) is 42.6 Å². The van der Waals surface area contributed by atoms with E-state index in [1.807, 2.05) is 6.92 Å². The van der Waals surface area contributed by atoms with Gasteiger partial charge in [0.15, 0.2) is 5.78 Å². The van der Waals surface area contributed by atoms with Gasteiger partial charge in [-0.05, 0) is 24.1 Å². The summed E-state index contributed by atoms with van der Waals surface area (Å²) in [5.41, 5.74) is 0.592. The highest BCUT2D eigenvalue weighted by molar-refractivity contribution is 6.35. The highest BCUT2D eigenvalue weighted by Crippen LogP contribution is 2.38. The average Bonchev–Trinajstić information content (AvgIpc) is 2.56. The van der Waals surface area contributed by atoms with Gasteiger partial charge in [0.2, 0.25) is 0 Å². The lowest BCUT2D eigenvalue weighted by atomic mass is 9.93. The van der Waals surface area contributed by atoms with E-state index in [2.05, 4.69) is 0 Å². The number of ketones is 2. The van der Waals surface area contributed by atoms with Crippen LogP contribution >= 0.6 is 23.2 Å². The number of rotatable bonds is 3. The van der Waals surface area contributed by atoms with Gasteiger partial charge in [0.05, 0.1) is 0 Å². The summed E-state index contributed by atoms with van der Waals surface area (Å²) in [4.78, 5) is 24.2. The standard InChI is InChI=1S/C14H14Cl2O2/c1-2-3-8-6-12(17)13(14(8)18)10-5-4-9(15)7-11(10)16/h4-5,7-8,13H,2-3,6H2,1H3. The lowest BCUT2D eigenvalue weighted by Crippen LogP contribution is -2.15. The molecule has 1 aromatic rings. The zero-order chi connectivity index (χ0) is 13.3. The van der Waals surface area contributed by atoms with Crippen molar-refractivity contribution < 1.29 is 9.59 Å². The van der Waals surface area contributed by atoms with Gasteiger partial charge in [-0.15, -0.1) is 0 Å². The molecule has 0 spiro atoms. The highest BCUT2D eigenvalue weighted by atomic mass is 35.5. The summed E-state index contributed by atoms with van der Waals surface area (Å²) in [5.74, 6) is -0.848. The molecule has 2 unspecified atom stereocenters. The first kappa shape index (κ1) is 13.6. The first-order valence-corrected chi connectivity index (χ1v) is 6.81. The van der Waals surface area contributed by atoms with Crippen molar-refractivity contribution in [1.82, 2.24) is 0 Å². The molecule has 18 heavy (non-hydrogen) atoms. The van der Waals surface area contributed by atoms with E-state index in [0.717, 1.165) is 12.8 Å². The number of benzene rings is 1. The smallest absolute Gasteiger partial charge is 0.151 e. The number of carbonyl (C=O) groups excluding carboxylic acids is 2. The first-order chi connectivity index (χ1) is 8.54. The van der Waals surface area contributed by atoms with Crippen molar-refractivity contribution in [2.45, 2.75) is 32.1 Å². The van der Waals surface area contributed by atoms with Crippen LogP contribution in [0.4, 0.5) is 0 Å². The largest absolute Gasteiger partial charge is 0.298 e. The molecular weight excluding hydrogens is 271 g/mol. The van der Waals surface area contributed by atoms with E-state index in [0.29, 0.717) is 22.0 Å². The highest BCUT2D eigenvalue weighted by Gasteiger charge is 2.42. The minimum Gasteiger partial charge on any atom is -0.298 e. The van der Waals surface area contributed by atoms with Crippen LogP contribution in [-0.4, -0.2) is 11.6 Å². The Morgan fingerprint density at radius 2 is 2.00 bits per heavy atom. The fourth-order valence-corrected chi connectivity index (χ4v) is 3.03. The quantitative estimate of drug-likeness (QED) is 0.785. The van der Waals surface area contributed by atoms with Crippen LogP contribution < -0.4 is 0 Å². The lowest BCUT2D eigenvalue weighted by molar-refractivity contribution is -0.124. The molecule has 1 saturated carbocycles. The first-order valence-electron chi connectivity index (χ1n) is 6.06. The molecule has 1 aliphatic carbocycles. The monoisotopic (exact) mass is 284 g/mol. The molecule has 0 saturated heterocycles. The molecule has 2 atom stereocenters. The zero-order valence-corrected chi connectivity index (χ0v) is 11.6. The van der Waals surface area contributed by atoms with Crippen molar-refractivity contribution in [1.29, 1.82) is 0 Å². The van der Waals surface area contributed by atoms with E-state index in [1.165, 1.54) is 0 Å². The second kappa shape index (κ2) is 5.41. The topological polar surface area (TPSA) is 34.1 Å². The second-order valence-corrected chi connectivity index (χ2v) is 5.50. The third-order valence-electron chi connectivity index (χ3n) is 3.37. The Morgan fingerprint density at radius 1 is 1.28 bits per heavy atom. The van der Waals surface area contributed by atoms with Crippen LogP contribution in [-0.2, 0) is 9.59 Å². The fraction of sp³-hybridized carbons (Fsp3) is 0.429. The minimum atomic E-state index is -0.689. The Kier molecular flexibility index (Phi) is 4.08. The molecule has 4 heteroatoms. The molecule has 2 nitrogen and oxygen atoms in total. The van der Waals surface area contributed by atoms with Crippen LogP contribution in [0.3, 0.4) is 0 Å².